The summed E-state index contributed by atoms with van der Waals surface area (Å²) in [5.41, 5.74) is 3.13. The molecule has 0 radical (unpaired) electrons. The zero-order chi connectivity index (χ0) is 28.4. The van der Waals surface area contributed by atoms with Gasteiger partial charge in [0.15, 0.2) is 0 Å². The second-order valence-corrected chi connectivity index (χ2v) is 13.7. The maximum absolute atomic E-state index is 6.43. The minimum absolute atomic E-state index is 0.378. The minimum Gasteiger partial charge on any atom is -0.399 e. The van der Waals surface area contributed by atoms with Crippen molar-refractivity contribution in [1.82, 2.24) is 4.57 Å². The third kappa shape index (κ3) is 4.88. The van der Waals surface area contributed by atoms with E-state index in [4.69, 9.17) is 18.6 Å². The van der Waals surface area contributed by atoms with Crippen LogP contribution in [-0.2, 0) is 18.6 Å². The van der Waals surface area contributed by atoms with Crippen LogP contribution in [0.4, 0.5) is 0 Å². The molecule has 0 spiro atoms. The van der Waals surface area contributed by atoms with Crippen LogP contribution in [0.15, 0.2) is 36.4 Å². The van der Waals surface area contributed by atoms with Crippen molar-refractivity contribution < 1.29 is 18.6 Å². The van der Waals surface area contributed by atoms with Crippen LogP contribution in [-0.4, -0.2) is 41.2 Å². The predicted molar refractivity (Wildman–Crippen MR) is 164 cm³/mol. The van der Waals surface area contributed by atoms with Gasteiger partial charge in [-0.1, -0.05) is 57.4 Å². The summed E-state index contributed by atoms with van der Waals surface area (Å²) in [5, 5.41) is 2.45. The van der Waals surface area contributed by atoms with Crippen LogP contribution < -0.4 is 10.9 Å². The minimum atomic E-state index is -0.393. The lowest BCUT2D eigenvalue weighted by molar-refractivity contribution is 0.00578. The fourth-order valence-electron chi connectivity index (χ4n) is 5.88. The maximum atomic E-state index is 6.43. The topological polar surface area (TPSA) is 41.9 Å². The maximum Gasteiger partial charge on any atom is 0.494 e. The molecule has 39 heavy (non-hydrogen) atoms. The van der Waals surface area contributed by atoms with Crippen LogP contribution in [0.3, 0.4) is 0 Å². The van der Waals surface area contributed by atoms with Crippen molar-refractivity contribution in [3.05, 3.63) is 36.4 Å². The van der Waals surface area contributed by atoms with Crippen molar-refractivity contribution in [3.63, 3.8) is 0 Å². The Bertz CT molecular complexity index is 1230. The average Bonchev–Trinajstić information content (AvgIpc) is 3.38. The third-order valence-corrected chi connectivity index (χ3v) is 9.88. The number of benzene rings is 2. The molecule has 210 valence electrons. The SMILES string of the molecule is CCCCCC(CC)n1c2ccc(B3OC(C)(C)C(C)(C)O3)cc2c2cc(B3OC(C)(C)C(C)(C)O3)ccc21. The summed E-state index contributed by atoms with van der Waals surface area (Å²) in [6.45, 7) is 21.4. The van der Waals surface area contributed by atoms with E-state index < -0.39 is 14.2 Å². The van der Waals surface area contributed by atoms with Gasteiger partial charge >= 0.3 is 14.2 Å². The number of aromatic nitrogens is 1. The van der Waals surface area contributed by atoms with Crippen molar-refractivity contribution in [1.29, 1.82) is 0 Å². The highest BCUT2D eigenvalue weighted by molar-refractivity contribution is 6.63. The van der Waals surface area contributed by atoms with Gasteiger partial charge in [-0.3, -0.25) is 0 Å². The first-order valence-corrected chi connectivity index (χ1v) is 15.0. The van der Waals surface area contributed by atoms with Crippen LogP contribution in [0.5, 0.6) is 0 Å². The Kier molecular flexibility index (Phi) is 7.32. The summed E-state index contributed by atoms with van der Waals surface area (Å²) in [6, 6.07) is 13.9. The Morgan fingerprint density at radius 1 is 0.641 bits per heavy atom. The smallest absolute Gasteiger partial charge is 0.399 e. The molecule has 0 bridgehead atoms. The van der Waals surface area contributed by atoms with Gasteiger partial charge in [0.1, 0.15) is 0 Å². The van der Waals surface area contributed by atoms with Crippen molar-refractivity contribution in [2.45, 2.75) is 130 Å². The van der Waals surface area contributed by atoms with Gasteiger partial charge in [0.25, 0.3) is 0 Å². The summed E-state index contributed by atoms with van der Waals surface area (Å²) in [5.74, 6) is 0. The van der Waals surface area contributed by atoms with E-state index in [1.165, 1.54) is 47.5 Å². The van der Waals surface area contributed by atoms with Crippen LogP contribution in [0, 0.1) is 0 Å². The molecule has 1 atom stereocenters. The zero-order valence-corrected chi connectivity index (χ0v) is 25.8. The van der Waals surface area contributed by atoms with Crippen molar-refractivity contribution >= 4 is 47.0 Å². The van der Waals surface area contributed by atoms with Gasteiger partial charge < -0.3 is 23.2 Å². The molecule has 2 aromatic carbocycles. The lowest BCUT2D eigenvalue weighted by Gasteiger charge is -2.32. The number of nitrogens with zero attached hydrogens (tertiary/aromatic N) is 1. The molecular weight excluding hydrogens is 484 g/mol. The molecule has 5 rings (SSSR count). The van der Waals surface area contributed by atoms with Gasteiger partial charge in [0, 0.05) is 27.8 Å². The van der Waals surface area contributed by atoms with Crippen LogP contribution in [0.1, 0.15) is 107 Å². The highest BCUT2D eigenvalue weighted by Crippen LogP contribution is 2.39. The molecule has 0 aliphatic carbocycles. The van der Waals surface area contributed by atoms with E-state index in [0.29, 0.717) is 6.04 Å². The number of fused-ring (bicyclic) bond motifs is 3. The highest BCUT2D eigenvalue weighted by atomic mass is 16.7. The van der Waals surface area contributed by atoms with Gasteiger partial charge in [0.2, 0.25) is 0 Å². The number of hydrogen-bond donors (Lipinski definition) is 0. The first kappa shape index (κ1) is 28.7. The Labute approximate surface area is 236 Å². The molecule has 0 N–H and O–H groups in total. The van der Waals surface area contributed by atoms with E-state index in [1.807, 2.05) is 0 Å². The molecule has 2 aliphatic heterocycles. The fraction of sp³-hybridized carbons (Fsp3) is 0.625. The van der Waals surface area contributed by atoms with Crippen LogP contribution >= 0.6 is 0 Å². The number of hydrogen-bond acceptors (Lipinski definition) is 4. The summed E-state index contributed by atoms with van der Waals surface area (Å²) in [6.07, 6.45) is 6.03. The van der Waals surface area contributed by atoms with Gasteiger partial charge in [-0.15, -0.1) is 0 Å². The molecule has 5 nitrogen and oxygen atoms in total. The van der Waals surface area contributed by atoms with E-state index >= 15 is 0 Å². The Hall–Kier alpha value is -1.79. The van der Waals surface area contributed by atoms with Gasteiger partial charge in [-0.2, -0.15) is 0 Å². The standard InChI is InChI=1S/C32H47B2NO4/c1-11-13-14-15-24(12-2)35-27-18-16-22(33-36-29(3,4)30(5,6)37-33)20-25(27)26-21-23(17-19-28(26)35)34-38-31(7,8)32(9,10)39-34/h16-21,24H,11-15H2,1-10H3. The molecule has 0 saturated carbocycles. The second kappa shape index (κ2) is 9.94. The summed E-state index contributed by atoms with van der Waals surface area (Å²) >= 11 is 0. The molecule has 3 heterocycles. The second-order valence-electron chi connectivity index (χ2n) is 13.7. The largest absolute Gasteiger partial charge is 0.494 e. The van der Waals surface area contributed by atoms with Crippen molar-refractivity contribution in [2.75, 3.05) is 0 Å². The average molecular weight is 531 g/mol. The fourth-order valence-corrected chi connectivity index (χ4v) is 5.88. The first-order chi connectivity index (χ1) is 18.2. The predicted octanol–water partition coefficient (Wildman–Crippen LogP) is 6.92. The first-order valence-electron chi connectivity index (χ1n) is 15.0. The molecular formula is C32H47B2NO4. The van der Waals surface area contributed by atoms with Gasteiger partial charge in [-0.25, -0.2) is 0 Å². The Morgan fingerprint density at radius 3 is 1.41 bits per heavy atom. The summed E-state index contributed by atoms with van der Waals surface area (Å²) in [4.78, 5) is 0. The Balaban J connectivity index is 1.64. The van der Waals surface area contributed by atoms with Gasteiger partial charge in [0.05, 0.1) is 22.4 Å². The molecule has 0 amide bonds. The monoisotopic (exact) mass is 531 g/mol. The normalized spacial score (nSPS) is 22.3. The third-order valence-electron chi connectivity index (χ3n) is 9.88. The van der Waals surface area contributed by atoms with Gasteiger partial charge in [-0.05, 0) is 91.3 Å². The summed E-state index contributed by atoms with van der Waals surface area (Å²) < 4.78 is 28.3. The molecule has 2 aliphatic rings. The van der Waals surface area contributed by atoms with E-state index in [9.17, 15) is 0 Å². The lowest BCUT2D eigenvalue weighted by Crippen LogP contribution is -2.41. The van der Waals surface area contributed by atoms with E-state index in [2.05, 4.69) is 110 Å². The molecule has 3 aromatic rings. The number of rotatable bonds is 8. The van der Waals surface area contributed by atoms with E-state index in [-0.39, 0.29) is 22.4 Å². The molecule has 2 fully saturated rings. The highest BCUT2D eigenvalue weighted by Gasteiger charge is 2.53. The molecule has 1 unspecified atom stereocenters. The summed E-state index contributed by atoms with van der Waals surface area (Å²) in [7, 11) is -0.786. The molecule has 1 aromatic heterocycles. The molecule has 7 heteroatoms. The Morgan fingerprint density at radius 2 is 1.05 bits per heavy atom. The van der Waals surface area contributed by atoms with E-state index in [0.717, 1.165) is 17.3 Å². The zero-order valence-electron chi connectivity index (χ0n) is 25.8. The lowest BCUT2D eigenvalue weighted by atomic mass is 9.77. The number of unbranched alkanes of at least 4 members (excludes halogenated alkanes) is 2. The van der Waals surface area contributed by atoms with Crippen molar-refractivity contribution in [2.24, 2.45) is 0 Å². The molecule has 2 saturated heterocycles. The van der Waals surface area contributed by atoms with Crippen LogP contribution in [0.25, 0.3) is 21.8 Å². The van der Waals surface area contributed by atoms with Crippen LogP contribution in [0.2, 0.25) is 0 Å². The van der Waals surface area contributed by atoms with Crippen molar-refractivity contribution in [3.8, 4) is 0 Å². The van der Waals surface area contributed by atoms with E-state index in [1.54, 1.807) is 0 Å². The quantitative estimate of drug-likeness (QED) is 0.234.